The highest BCUT2D eigenvalue weighted by Crippen LogP contribution is 2.34. The molecule has 8 heteroatoms. The summed E-state index contributed by atoms with van der Waals surface area (Å²) in [6.07, 6.45) is 8.52. The maximum atomic E-state index is 11.9. The molecule has 3 heterocycles. The fraction of sp³-hybridized carbons (Fsp3) is 0.481. The molecule has 0 unspecified atom stereocenters. The highest BCUT2D eigenvalue weighted by Gasteiger charge is 2.30. The summed E-state index contributed by atoms with van der Waals surface area (Å²) in [5, 5.41) is 17.0. The van der Waals surface area contributed by atoms with E-state index in [4.69, 9.17) is 9.72 Å². The number of fused-ring (bicyclic) bond motifs is 2. The van der Waals surface area contributed by atoms with Gasteiger partial charge in [-0.25, -0.2) is 19.7 Å². The van der Waals surface area contributed by atoms with Crippen LogP contribution in [0, 0.1) is 12.8 Å². The smallest absolute Gasteiger partial charge is 0.326 e. The zero-order valence-electron chi connectivity index (χ0n) is 20.2. The van der Waals surface area contributed by atoms with Crippen LogP contribution in [0.25, 0.3) is 10.9 Å². The van der Waals surface area contributed by atoms with Gasteiger partial charge in [0.2, 0.25) is 0 Å². The first-order chi connectivity index (χ1) is 17.0. The van der Waals surface area contributed by atoms with E-state index in [-0.39, 0.29) is 6.10 Å². The van der Waals surface area contributed by atoms with Crippen molar-refractivity contribution in [1.29, 1.82) is 0 Å². The second-order valence-electron chi connectivity index (χ2n) is 9.78. The van der Waals surface area contributed by atoms with Crippen LogP contribution in [0.1, 0.15) is 48.9 Å². The first-order valence-corrected chi connectivity index (χ1v) is 12.6. The third kappa shape index (κ3) is 5.70. The van der Waals surface area contributed by atoms with Gasteiger partial charge in [-0.2, -0.15) is 0 Å². The first-order valence-electron chi connectivity index (χ1n) is 12.6. The van der Waals surface area contributed by atoms with Crippen LogP contribution in [0.15, 0.2) is 36.7 Å². The van der Waals surface area contributed by atoms with E-state index < -0.39 is 12.0 Å². The Morgan fingerprint density at radius 1 is 1.26 bits per heavy atom. The Labute approximate surface area is 205 Å². The lowest BCUT2D eigenvalue weighted by atomic mass is 9.79. The van der Waals surface area contributed by atoms with Gasteiger partial charge in [0.05, 0.1) is 11.6 Å². The third-order valence-corrected chi connectivity index (χ3v) is 7.11. The van der Waals surface area contributed by atoms with Crippen LogP contribution >= 0.6 is 0 Å². The minimum atomic E-state index is -0.911. The highest BCUT2D eigenvalue weighted by molar-refractivity contribution is 5.91. The maximum Gasteiger partial charge on any atom is 0.326 e. The lowest BCUT2D eigenvalue weighted by Crippen LogP contribution is -2.35. The van der Waals surface area contributed by atoms with Crippen molar-refractivity contribution < 1.29 is 14.6 Å². The van der Waals surface area contributed by atoms with Crippen molar-refractivity contribution in [2.24, 2.45) is 5.92 Å². The molecule has 184 valence electrons. The molecule has 3 aromatic rings. The number of pyridine rings is 1. The van der Waals surface area contributed by atoms with Crippen molar-refractivity contribution in [3.63, 3.8) is 0 Å². The van der Waals surface area contributed by atoms with Crippen LogP contribution in [0.2, 0.25) is 0 Å². The molecule has 2 aliphatic rings. The minimum Gasteiger partial charge on any atom is -0.480 e. The summed E-state index contributed by atoms with van der Waals surface area (Å²) < 4.78 is 6.00. The number of nitrogens with zero attached hydrogens (tertiary/aromatic N) is 3. The number of benzene rings is 1. The van der Waals surface area contributed by atoms with E-state index in [1.165, 1.54) is 18.3 Å². The molecule has 3 N–H and O–H groups in total. The van der Waals surface area contributed by atoms with Gasteiger partial charge in [-0.1, -0.05) is 17.7 Å². The number of carboxylic acids is 1. The number of aliphatic carboxylic acids is 1. The second-order valence-corrected chi connectivity index (χ2v) is 9.78. The van der Waals surface area contributed by atoms with Crippen LogP contribution in [-0.2, 0) is 22.4 Å². The topological polar surface area (TPSA) is 109 Å². The average molecular weight is 476 g/mol. The summed E-state index contributed by atoms with van der Waals surface area (Å²) in [5.74, 6) is 1.34. The molecule has 1 fully saturated rings. The predicted octanol–water partition coefficient (Wildman–Crippen LogP) is 4.37. The number of rotatable bonds is 10. The van der Waals surface area contributed by atoms with Gasteiger partial charge in [0.25, 0.3) is 0 Å². The van der Waals surface area contributed by atoms with Crippen LogP contribution in [0.5, 0.6) is 0 Å². The van der Waals surface area contributed by atoms with Crippen molar-refractivity contribution in [2.75, 3.05) is 23.8 Å². The molecule has 1 aromatic carbocycles. The van der Waals surface area contributed by atoms with Crippen molar-refractivity contribution >= 4 is 28.5 Å². The number of hydrogen-bond acceptors (Lipinski definition) is 7. The van der Waals surface area contributed by atoms with Gasteiger partial charge in [-0.05, 0) is 75.1 Å². The molecule has 0 radical (unpaired) electrons. The Bertz CT molecular complexity index is 1190. The standard InChI is InChI=1S/C27H33N5O3/c1-17-4-9-23-22(13-17)26(30-16-29-23)32-24(27(33)34)10-12-35-21-14-18(15-21)5-7-20-8-6-19-3-2-11-28-25(19)31-20/h4,6,8-9,13,16,18,21,24H,2-3,5,7,10-12,14-15H2,1H3,(H,28,31)(H,33,34)(H,29,30,32)/t18?,21?,24-/m0/s1. The fourth-order valence-corrected chi connectivity index (χ4v) is 4.97. The maximum absolute atomic E-state index is 11.9. The Hall–Kier alpha value is -3.26. The van der Waals surface area contributed by atoms with Crippen LogP contribution < -0.4 is 10.6 Å². The molecule has 0 spiro atoms. The fourth-order valence-electron chi connectivity index (χ4n) is 4.97. The molecule has 1 saturated carbocycles. The van der Waals surface area contributed by atoms with E-state index in [2.05, 4.69) is 32.7 Å². The second kappa shape index (κ2) is 10.6. The normalized spacial score (nSPS) is 19.9. The molecule has 5 rings (SSSR count). The molecule has 1 atom stereocenters. The number of aryl methyl sites for hydroxylation is 3. The van der Waals surface area contributed by atoms with E-state index in [1.54, 1.807) is 0 Å². The molecular weight excluding hydrogens is 442 g/mol. The van der Waals surface area contributed by atoms with Gasteiger partial charge in [-0.3, -0.25) is 0 Å². The molecule has 0 amide bonds. The minimum absolute atomic E-state index is 0.218. The van der Waals surface area contributed by atoms with Gasteiger partial charge in [-0.15, -0.1) is 0 Å². The Balaban J connectivity index is 1.06. The van der Waals surface area contributed by atoms with E-state index in [0.717, 1.165) is 66.6 Å². The quantitative estimate of drug-likeness (QED) is 0.396. The Kier molecular flexibility index (Phi) is 7.08. The van der Waals surface area contributed by atoms with Crippen LogP contribution in [-0.4, -0.2) is 51.3 Å². The van der Waals surface area contributed by atoms with Crippen LogP contribution in [0.4, 0.5) is 11.6 Å². The monoisotopic (exact) mass is 475 g/mol. The number of nitrogens with one attached hydrogen (secondary N) is 2. The van der Waals surface area contributed by atoms with Crippen molar-refractivity contribution in [1.82, 2.24) is 15.0 Å². The molecule has 1 aliphatic heterocycles. The first kappa shape index (κ1) is 23.5. The van der Waals surface area contributed by atoms with E-state index in [9.17, 15) is 9.90 Å². The largest absolute Gasteiger partial charge is 0.480 e. The summed E-state index contributed by atoms with van der Waals surface area (Å²) >= 11 is 0. The third-order valence-electron chi connectivity index (χ3n) is 7.11. The number of carbonyl (C=O) groups is 1. The van der Waals surface area contributed by atoms with E-state index in [1.807, 2.05) is 25.1 Å². The van der Waals surface area contributed by atoms with Gasteiger partial charge >= 0.3 is 5.97 Å². The number of carboxylic acid groups (broad SMARTS) is 1. The van der Waals surface area contributed by atoms with Gasteiger partial charge in [0, 0.05) is 30.7 Å². The SMILES string of the molecule is Cc1ccc2ncnc(N[C@@H](CCOC3CC(CCc4ccc5c(n4)NCCC5)C3)C(=O)O)c2c1. The predicted molar refractivity (Wildman–Crippen MR) is 136 cm³/mol. The molecular formula is C27H33N5O3. The number of anilines is 2. The molecule has 2 aromatic heterocycles. The van der Waals surface area contributed by atoms with Crippen molar-refractivity contribution in [3.05, 3.63) is 53.5 Å². The summed E-state index contributed by atoms with van der Waals surface area (Å²) in [6.45, 7) is 3.41. The summed E-state index contributed by atoms with van der Waals surface area (Å²) in [4.78, 5) is 25.2. The Morgan fingerprint density at radius 3 is 3.00 bits per heavy atom. The van der Waals surface area contributed by atoms with Gasteiger partial charge in [0.15, 0.2) is 0 Å². The molecule has 35 heavy (non-hydrogen) atoms. The summed E-state index contributed by atoms with van der Waals surface area (Å²) in [6, 6.07) is 9.48. The zero-order chi connectivity index (χ0) is 24.2. The number of ether oxygens (including phenoxy) is 1. The molecule has 0 saturated heterocycles. The lowest BCUT2D eigenvalue weighted by molar-refractivity contribution is -0.138. The van der Waals surface area contributed by atoms with E-state index >= 15 is 0 Å². The average Bonchev–Trinajstić information content (AvgIpc) is 2.84. The highest BCUT2D eigenvalue weighted by atomic mass is 16.5. The van der Waals surface area contributed by atoms with Gasteiger partial charge in [0.1, 0.15) is 24.0 Å². The zero-order valence-corrected chi connectivity index (χ0v) is 20.2. The number of aromatic nitrogens is 3. The van der Waals surface area contributed by atoms with E-state index in [0.29, 0.717) is 24.8 Å². The van der Waals surface area contributed by atoms with Crippen molar-refractivity contribution in [2.45, 2.75) is 64.0 Å². The number of hydrogen-bond donors (Lipinski definition) is 3. The summed E-state index contributed by atoms with van der Waals surface area (Å²) in [5.41, 5.74) is 4.35. The van der Waals surface area contributed by atoms with Crippen LogP contribution in [0.3, 0.4) is 0 Å². The molecule has 8 nitrogen and oxygen atoms in total. The van der Waals surface area contributed by atoms with Crippen molar-refractivity contribution in [3.8, 4) is 0 Å². The lowest BCUT2D eigenvalue weighted by Gasteiger charge is -2.35. The summed E-state index contributed by atoms with van der Waals surface area (Å²) in [7, 11) is 0. The Morgan fingerprint density at radius 2 is 2.14 bits per heavy atom. The molecule has 1 aliphatic carbocycles. The van der Waals surface area contributed by atoms with Gasteiger partial charge < -0.3 is 20.5 Å². The molecule has 0 bridgehead atoms.